The first-order valence-electron chi connectivity index (χ1n) is 9.90. The summed E-state index contributed by atoms with van der Waals surface area (Å²) in [6, 6.07) is 0. The molecule has 3 rings (SSSR count). The van der Waals surface area contributed by atoms with Crippen molar-refractivity contribution < 1.29 is 20.1 Å². The third kappa shape index (κ3) is 4.62. The molecule has 0 fully saturated rings. The molecule has 0 spiro atoms. The van der Waals surface area contributed by atoms with Crippen LogP contribution in [0, 0.1) is 5.41 Å². The Hall–Kier alpha value is -2.19. The first-order chi connectivity index (χ1) is 13.4. The van der Waals surface area contributed by atoms with Crippen molar-refractivity contribution in [2.45, 2.75) is 65.3 Å². The number of unbranched alkanes of at least 4 members (excludes halogenated alkanes) is 1. The van der Waals surface area contributed by atoms with Gasteiger partial charge in [-0.3, -0.25) is 4.79 Å². The van der Waals surface area contributed by atoms with Gasteiger partial charge in [-0.05, 0) is 37.7 Å². The number of imidazole rings is 1. The number of carboxylic acid groups (broad SMARTS) is 1. The van der Waals surface area contributed by atoms with Crippen LogP contribution < -0.4 is 5.73 Å². The van der Waals surface area contributed by atoms with E-state index in [2.05, 4.69) is 16.5 Å². The molecule has 1 aliphatic rings. The van der Waals surface area contributed by atoms with Crippen LogP contribution in [0.1, 0.15) is 56.6 Å². The highest BCUT2D eigenvalue weighted by atomic mass is 16.3. The minimum absolute atomic E-state index is 0.0703. The van der Waals surface area contributed by atoms with Gasteiger partial charge >= 0.3 is 0 Å². The highest BCUT2D eigenvalue weighted by Gasteiger charge is 2.28. The molecule has 1 aliphatic carbocycles. The molecule has 0 aliphatic heterocycles. The molecule has 156 valence electrons. The SMILES string of the molecule is CCCCc1nc2c(N)nc3c(c2n1CC(C)(CO)CO)CCCC3.O=CO. The van der Waals surface area contributed by atoms with Gasteiger partial charge in [0.05, 0.1) is 18.7 Å². The lowest BCUT2D eigenvalue weighted by atomic mass is 9.91. The molecular formula is C20H32N4O4. The first-order valence-corrected chi connectivity index (χ1v) is 9.90. The van der Waals surface area contributed by atoms with Gasteiger partial charge in [0, 0.05) is 24.1 Å². The van der Waals surface area contributed by atoms with E-state index < -0.39 is 5.41 Å². The molecular weight excluding hydrogens is 360 g/mol. The van der Waals surface area contributed by atoms with Crippen molar-refractivity contribution in [3.63, 3.8) is 0 Å². The van der Waals surface area contributed by atoms with Gasteiger partial charge in [-0.1, -0.05) is 20.3 Å². The quantitative estimate of drug-likeness (QED) is 0.529. The van der Waals surface area contributed by atoms with Gasteiger partial charge in [-0.2, -0.15) is 0 Å². The molecule has 8 heteroatoms. The van der Waals surface area contributed by atoms with Crippen LogP contribution >= 0.6 is 0 Å². The minimum Gasteiger partial charge on any atom is -0.483 e. The van der Waals surface area contributed by atoms with Gasteiger partial charge in [0.15, 0.2) is 5.82 Å². The molecule has 0 atom stereocenters. The molecule has 5 N–H and O–H groups in total. The number of aryl methyl sites for hydroxylation is 3. The fourth-order valence-corrected chi connectivity index (χ4v) is 3.68. The Bertz CT molecular complexity index is 799. The minimum atomic E-state index is -0.589. The fourth-order valence-electron chi connectivity index (χ4n) is 3.68. The third-order valence-corrected chi connectivity index (χ3v) is 5.33. The number of aliphatic hydroxyl groups is 2. The van der Waals surface area contributed by atoms with E-state index in [1.165, 1.54) is 5.56 Å². The van der Waals surface area contributed by atoms with Crippen molar-refractivity contribution in [1.82, 2.24) is 14.5 Å². The number of nitrogens with two attached hydrogens (primary N) is 1. The summed E-state index contributed by atoms with van der Waals surface area (Å²) in [7, 11) is 0. The molecule has 0 radical (unpaired) electrons. The number of nitrogen functional groups attached to an aromatic ring is 1. The molecule has 2 aromatic rings. The van der Waals surface area contributed by atoms with E-state index in [1.807, 2.05) is 6.92 Å². The lowest BCUT2D eigenvalue weighted by Gasteiger charge is -2.27. The van der Waals surface area contributed by atoms with E-state index in [1.54, 1.807) is 0 Å². The largest absolute Gasteiger partial charge is 0.483 e. The molecule has 2 heterocycles. The van der Waals surface area contributed by atoms with Crippen molar-refractivity contribution in [3.8, 4) is 0 Å². The van der Waals surface area contributed by atoms with Crippen molar-refractivity contribution in [2.75, 3.05) is 18.9 Å². The Kier molecular flexibility index (Phi) is 7.77. The summed E-state index contributed by atoms with van der Waals surface area (Å²) < 4.78 is 2.19. The maximum absolute atomic E-state index is 9.79. The number of nitrogens with zero attached hydrogens (tertiary/aromatic N) is 3. The Morgan fingerprint density at radius 2 is 1.86 bits per heavy atom. The predicted octanol–water partition coefficient (Wildman–Crippen LogP) is 1.93. The van der Waals surface area contributed by atoms with Crippen LogP contribution in [0.2, 0.25) is 0 Å². The normalized spacial score (nSPS) is 13.7. The predicted molar refractivity (Wildman–Crippen MR) is 108 cm³/mol. The lowest BCUT2D eigenvalue weighted by molar-refractivity contribution is -0.122. The molecule has 8 nitrogen and oxygen atoms in total. The van der Waals surface area contributed by atoms with Gasteiger partial charge in [0.25, 0.3) is 6.47 Å². The number of aromatic nitrogens is 3. The average Bonchev–Trinajstić information content (AvgIpc) is 3.06. The zero-order valence-electron chi connectivity index (χ0n) is 16.8. The number of hydrogen-bond acceptors (Lipinski definition) is 6. The number of anilines is 1. The number of rotatable bonds is 7. The smallest absolute Gasteiger partial charge is 0.290 e. The molecule has 2 aromatic heterocycles. The van der Waals surface area contributed by atoms with Crippen LogP contribution in [0.25, 0.3) is 11.0 Å². The molecule has 0 bridgehead atoms. The van der Waals surface area contributed by atoms with Crippen LogP contribution in [-0.2, 0) is 30.6 Å². The molecule has 0 aromatic carbocycles. The Morgan fingerprint density at radius 1 is 1.21 bits per heavy atom. The Balaban J connectivity index is 0.000000878. The monoisotopic (exact) mass is 392 g/mol. The number of aliphatic hydroxyl groups excluding tert-OH is 2. The third-order valence-electron chi connectivity index (χ3n) is 5.33. The number of pyridine rings is 1. The van der Waals surface area contributed by atoms with E-state index in [-0.39, 0.29) is 19.7 Å². The van der Waals surface area contributed by atoms with E-state index in [4.69, 9.17) is 20.6 Å². The first kappa shape index (κ1) is 22.1. The summed E-state index contributed by atoms with van der Waals surface area (Å²) in [6.45, 7) is 4.21. The highest BCUT2D eigenvalue weighted by Crippen LogP contribution is 2.33. The van der Waals surface area contributed by atoms with Crippen LogP contribution in [0.15, 0.2) is 0 Å². The summed E-state index contributed by atoms with van der Waals surface area (Å²) in [5.41, 5.74) is 9.84. The van der Waals surface area contributed by atoms with Gasteiger partial charge in [0.1, 0.15) is 11.3 Å². The zero-order valence-corrected chi connectivity index (χ0v) is 16.8. The van der Waals surface area contributed by atoms with Crippen LogP contribution in [0.3, 0.4) is 0 Å². The highest BCUT2D eigenvalue weighted by molar-refractivity contribution is 5.89. The van der Waals surface area contributed by atoms with Crippen molar-refractivity contribution in [3.05, 3.63) is 17.1 Å². The van der Waals surface area contributed by atoms with Gasteiger partial charge < -0.3 is 25.6 Å². The van der Waals surface area contributed by atoms with E-state index in [0.29, 0.717) is 12.4 Å². The van der Waals surface area contributed by atoms with Gasteiger partial charge in [0.2, 0.25) is 0 Å². The summed E-state index contributed by atoms with van der Waals surface area (Å²) in [6.07, 6.45) is 7.26. The second-order valence-corrected chi connectivity index (χ2v) is 7.78. The lowest BCUT2D eigenvalue weighted by Crippen LogP contribution is -2.32. The maximum atomic E-state index is 9.79. The van der Waals surface area contributed by atoms with Crippen molar-refractivity contribution >= 4 is 23.3 Å². The molecule has 0 unspecified atom stereocenters. The summed E-state index contributed by atoms with van der Waals surface area (Å²) in [4.78, 5) is 17.8. The number of carbonyl (C=O) groups is 1. The number of fused-ring (bicyclic) bond motifs is 3. The summed E-state index contributed by atoms with van der Waals surface area (Å²) >= 11 is 0. The van der Waals surface area contributed by atoms with Crippen molar-refractivity contribution in [1.29, 1.82) is 0 Å². The van der Waals surface area contributed by atoms with E-state index in [0.717, 1.165) is 67.5 Å². The second kappa shape index (κ2) is 9.84. The molecule has 28 heavy (non-hydrogen) atoms. The fraction of sp³-hybridized carbons (Fsp3) is 0.650. The number of hydrogen-bond donors (Lipinski definition) is 4. The molecule has 0 saturated carbocycles. The summed E-state index contributed by atoms with van der Waals surface area (Å²) in [5.74, 6) is 1.49. The summed E-state index contributed by atoms with van der Waals surface area (Å²) in [5, 5.41) is 26.5. The Labute approximate surface area is 165 Å². The molecule has 0 amide bonds. The van der Waals surface area contributed by atoms with Crippen LogP contribution in [-0.4, -0.2) is 49.5 Å². The van der Waals surface area contributed by atoms with Crippen LogP contribution in [0.5, 0.6) is 0 Å². The van der Waals surface area contributed by atoms with E-state index >= 15 is 0 Å². The maximum Gasteiger partial charge on any atom is 0.290 e. The topological polar surface area (TPSA) is 134 Å². The van der Waals surface area contributed by atoms with Crippen molar-refractivity contribution in [2.24, 2.45) is 5.41 Å². The van der Waals surface area contributed by atoms with E-state index in [9.17, 15) is 10.2 Å². The van der Waals surface area contributed by atoms with Gasteiger partial charge in [-0.15, -0.1) is 0 Å². The molecule has 0 saturated heterocycles. The van der Waals surface area contributed by atoms with Crippen LogP contribution in [0.4, 0.5) is 5.82 Å². The Morgan fingerprint density at radius 3 is 2.46 bits per heavy atom. The zero-order chi connectivity index (χ0) is 20.7. The standard InChI is InChI=1S/C19H30N4O2.CH2O2/c1-3-4-9-15-22-16-17(23(15)10-19(2,11-24)12-25)13-7-5-6-8-14(13)21-18(16)20;2-1-3/h24-25H,3-12H2,1-2H3,(H2,20,21);1H,(H,2,3). The van der Waals surface area contributed by atoms with Gasteiger partial charge in [-0.25, -0.2) is 9.97 Å². The average molecular weight is 393 g/mol. The second-order valence-electron chi connectivity index (χ2n) is 7.78.